The molecule has 2 aromatic carbocycles. The van der Waals surface area contributed by atoms with Crippen LogP contribution >= 0.6 is 0 Å². The summed E-state index contributed by atoms with van der Waals surface area (Å²) in [7, 11) is 0. The molecule has 0 saturated heterocycles. The lowest BCUT2D eigenvalue weighted by Gasteiger charge is -2.11. The zero-order chi connectivity index (χ0) is 16.9. The minimum Gasteiger partial charge on any atom is -0.339 e. The number of nitrogens with one attached hydrogen (secondary N) is 2. The van der Waals surface area contributed by atoms with Crippen molar-refractivity contribution < 1.29 is 13.6 Å². The number of anilines is 3. The summed E-state index contributed by atoms with van der Waals surface area (Å²) in [5, 5.41) is 5.38. The average Bonchev–Trinajstić information content (AvgIpc) is 2.57. The van der Waals surface area contributed by atoms with Gasteiger partial charge in [0.25, 0.3) is 5.91 Å². The van der Waals surface area contributed by atoms with Crippen LogP contribution in [0.25, 0.3) is 0 Å². The van der Waals surface area contributed by atoms with Gasteiger partial charge in [0.15, 0.2) is 0 Å². The summed E-state index contributed by atoms with van der Waals surface area (Å²) in [5.41, 5.74) is 0.738. The summed E-state index contributed by atoms with van der Waals surface area (Å²) in [6.07, 6.45) is 1.50. The van der Waals surface area contributed by atoms with E-state index in [1.807, 2.05) is 0 Å². The summed E-state index contributed by atoms with van der Waals surface area (Å²) in [6.45, 7) is 0. The van der Waals surface area contributed by atoms with Crippen LogP contribution in [0.3, 0.4) is 0 Å². The van der Waals surface area contributed by atoms with Crippen LogP contribution in [0, 0.1) is 11.6 Å². The fraction of sp³-hybridized carbons (Fsp3) is 0. The molecule has 0 radical (unpaired) electrons. The molecule has 3 aromatic rings. The Morgan fingerprint density at radius 3 is 2.58 bits per heavy atom. The van der Waals surface area contributed by atoms with Crippen LogP contribution in [0.4, 0.5) is 26.0 Å². The van der Waals surface area contributed by atoms with E-state index in [4.69, 9.17) is 0 Å². The van der Waals surface area contributed by atoms with Crippen molar-refractivity contribution in [2.45, 2.75) is 0 Å². The van der Waals surface area contributed by atoms with Gasteiger partial charge in [0, 0.05) is 11.9 Å². The van der Waals surface area contributed by atoms with Crippen LogP contribution in [0.2, 0.25) is 0 Å². The quantitative estimate of drug-likeness (QED) is 0.749. The maximum absolute atomic E-state index is 13.7. The second-order valence-corrected chi connectivity index (χ2v) is 4.97. The predicted octanol–water partition coefficient (Wildman–Crippen LogP) is 4.36. The van der Waals surface area contributed by atoms with Gasteiger partial charge in [-0.15, -0.1) is 0 Å². The van der Waals surface area contributed by atoms with Crippen molar-refractivity contribution in [2.24, 2.45) is 0 Å². The third-order valence-electron chi connectivity index (χ3n) is 3.26. The van der Waals surface area contributed by atoms with Gasteiger partial charge in [-0.3, -0.25) is 4.79 Å². The van der Waals surface area contributed by atoms with E-state index in [1.54, 1.807) is 30.3 Å². The number of carbonyl (C=O) groups excluding carboxylic acids is 1. The van der Waals surface area contributed by atoms with E-state index in [2.05, 4.69) is 15.6 Å². The average molecular weight is 325 g/mol. The zero-order valence-corrected chi connectivity index (χ0v) is 12.5. The highest BCUT2D eigenvalue weighted by Crippen LogP contribution is 2.21. The fourth-order valence-electron chi connectivity index (χ4n) is 2.14. The van der Waals surface area contributed by atoms with Crippen molar-refractivity contribution in [2.75, 3.05) is 10.6 Å². The number of aromatic nitrogens is 1. The molecule has 120 valence electrons. The number of amides is 1. The molecule has 0 fully saturated rings. The van der Waals surface area contributed by atoms with E-state index in [0.717, 1.165) is 0 Å². The molecule has 4 nitrogen and oxygen atoms in total. The SMILES string of the molecule is O=C(Nc1ccccc1F)c1cccnc1Nc1cccc(F)c1. The molecule has 0 atom stereocenters. The number of hydrogen-bond acceptors (Lipinski definition) is 3. The molecule has 6 heteroatoms. The molecule has 24 heavy (non-hydrogen) atoms. The normalized spacial score (nSPS) is 10.2. The maximum atomic E-state index is 13.7. The first-order valence-corrected chi connectivity index (χ1v) is 7.17. The lowest BCUT2D eigenvalue weighted by molar-refractivity contribution is 0.102. The first-order valence-electron chi connectivity index (χ1n) is 7.17. The van der Waals surface area contributed by atoms with Crippen molar-refractivity contribution in [3.8, 4) is 0 Å². The second-order valence-electron chi connectivity index (χ2n) is 4.97. The Morgan fingerprint density at radius 1 is 0.958 bits per heavy atom. The number of halogens is 2. The van der Waals surface area contributed by atoms with Crippen LogP contribution in [-0.2, 0) is 0 Å². The van der Waals surface area contributed by atoms with Crippen molar-refractivity contribution in [3.63, 3.8) is 0 Å². The van der Waals surface area contributed by atoms with Crippen LogP contribution in [0.5, 0.6) is 0 Å². The van der Waals surface area contributed by atoms with Gasteiger partial charge in [-0.05, 0) is 42.5 Å². The van der Waals surface area contributed by atoms with Crippen molar-refractivity contribution in [1.82, 2.24) is 4.98 Å². The van der Waals surface area contributed by atoms with Crippen molar-refractivity contribution in [1.29, 1.82) is 0 Å². The van der Waals surface area contributed by atoms with Gasteiger partial charge in [-0.1, -0.05) is 18.2 Å². The summed E-state index contributed by atoms with van der Waals surface area (Å²) in [5.74, 6) is -1.22. The molecule has 3 rings (SSSR count). The molecule has 0 aliphatic carbocycles. The van der Waals surface area contributed by atoms with Gasteiger partial charge >= 0.3 is 0 Å². The molecule has 2 N–H and O–H groups in total. The lowest BCUT2D eigenvalue weighted by Crippen LogP contribution is -2.15. The van der Waals surface area contributed by atoms with E-state index in [1.165, 1.54) is 36.5 Å². The topological polar surface area (TPSA) is 54.0 Å². The molecule has 0 bridgehead atoms. The number of benzene rings is 2. The lowest BCUT2D eigenvalue weighted by atomic mass is 10.2. The monoisotopic (exact) mass is 325 g/mol. The van der Waals surface area contributed by atoms with Crippen LogP contribution in [0.1, 0.15) is 10.4 Å². The molecule has 0 aliphatic rings. The van der Waals surface area contributed by atoms with Gasteiger partial charge in [-0.2, -0.15) is 0 Å². The number of rotatable bonds is 4. The Balaban J connectivity index is 1.86. The maximum Gasteiger partial charge on any atom is 0.259 e. The van der Waals surface area contributed by atoms with Crippen molar-refractivity contribution in [3.05, 3.63) is 84.1 Å². The summed E-state index contributed by atoms with van der Waals surface area (Å²) < 4.78 is 26.9. The molecular weight excluding hydrogens is 312 g/mol. The molecular formula is C18H13F2N3O. The zero-order valence-electron chi connectivity index (χ0n) is 12.5. The summed E-state index contributed by atoms with van der Waals surface area (Å²) in [4.78, 5) is 16.5. The van der Waals surface area contributed by atoms with E-state index >= 15 is 0 Å². The Bertz CT molecular complexity index is 883. The predicted molar refractivity (Wildman–Crippen MR) is 88.3 cm³/mol. The highest BCUT2D eigenvalue weighted by atomic mass is 19.1. The highest BCUT2D eigenvalue weighted by Gasteiger charge is 2.14. The number of pyridine rings is 1. The third kappa shape index (κ3) is 3.55. The van der Waals surface area contributed by atoms with Gasteiger partial charge in [0.2, 0.25) is 0 Å². The van der Waals surface area contributed by atoms with E-state index < -0.39 is 17.5 Å². The Hall–Kier alpha value is -3.28. The second kappa shape index (κ2) is 6.87. The first kappa shape index (κ1) is 15.6. The third-order valence-corrected chi connectivity index (χ3v) is 3.26. The van der Waals surface area contributed by atoms with Crippen LogP contribution in [-0.4, -0.2) is 10.9 Å². The van der Waals surface area contributed by atoms with Gasteiger partial charge in [0.05, 0.1) is 11.3 Å². The van der Waals surface area contributed by atoms with Crippen LogP contribution in [0.15, 0.2) is 66.9 Å². The summed E-state index contributed by atoms with van der Waals surface area (Å²) >= 11 is 0. The Kier molecular flexibility index (Phi) is 4.47. The van der Waals surface area contributed by atoms with Gasteiger partial charge < -0.3 is 10.6 Å². The standard InChI is InChI=1S/C18H13F2N3O/c19-12-5-3-6-13(11-12)22-17-14(7-4-10-21-17)18(24)23-16-9-2-1-8-15(16)20/h1-11H,(H,21,22)(H,23,24). The minimum absolute atomic E-state index is 0.0723. The number of carbonyl (C=O) groups is 1. The molecule has 0 saturated carbocycles. The number of hydrogen-bond donors (Lipinski definition) is 2. The van der Waals surface area contributed by atoms with Crippen LogP contribution < -0.4 is 10.6 Å². The van der Waals surface area contributed by atoms with Gasteiger partial charge in [0.1, 0.15) is 17.5 Å². The Morgan fingerprint density at radius 2 is 1.79 bits per heavy atom. The molecule has 1 amide bonds. The van der Waals surface area contributed by atoms with Crippen molar-refractivity contribution >= 4 is 23.1 Å². The van der Waals surface area contributed by atoms with E-state index in [0.29, 0.717) is 5.69 Å². The molecule has 0 spiro atoms. The number of nitrogens with zero attached hydrogens (tertiary/aromatic N) is 1. The highest BCUT2D eigenvalue weighted by molar-refractivity contribution is 6.07. The first-order chi connectivity index (χ1) is 11.6. The largest absolute Gasteiger partial charge is 0.339 e. The van der Waals surface area contributed by atoms with E-state index in [-0.39, 0.29) is 17.1 Å². The molecule has 0 aliphatic heterocycles. The number of para-hydroxylation sites is 1. The molecule has 0 unspecified atom stereocenters. The Labute approximate surface area is 137 Å². The van der Waals surface area contributed by atoms with E-state index in [9.17, 15) is 13.6 Å². The minimum atomic E-state index is -0.533. The molecule has 1 aromatic heterocycles. The smallest absolute Gasteiger partial charge is 0.259 e. The van der Waals surface area contributed by atoms with Gasteiger partial charge in [-0.25, -0.2) is 13.8 Å². The fourth-order valence-corrected chi connectivity index (χ4v) is 2.14. The summed E-state index contributed by atoms with van der Waals surface area (Å²) in [6, 6.07) is 14.8. The molecule has 1 heterocycles.